The summed E-state index contributed by atoms with van der Waals surface area (Å²) in [6.45, 7) is 10.1. The highest BCUT2D eigenvalue weighted by atomic mass is 16.6. The van der Waals surface area contributed by atoms with Crippen LogP contribution in [0.25, 0.3) is 10.9 Å². The van der Waals surface area contributed by atoms with E-state index in [1.165, 1.54) is 16.5 Å². The number of nitrogens with zero attached hydrogens (tertiary/aromatic N) is 2. The van der Waals surface area contributed by atoms with E-state index in [0.717, 1.165) is 43.6 Å². The van der Waals surface area contributed by atoms with Crippen LogP contribution in [0.4, 0.5) is 4.79 Å². The van der Waals surface area contributed by atoms with Gasteiger partial charge in [0, 0.05) is 18.5 Å². The van der Waals surface area contributed by atoms with Crippen molar-refractivity contribution < 1.29 is 9.53 Å². The SMILES string of the molecule is CCC1=CCC2c3c(c4ccccc4n3C(=O)OC(C)(C)C)CCN2C1. The van der Waals surface area contributed by atoms with E-state index in [2.05, 4.69) is 30.0 Å². The Labute approximate surface area is 155 Å². The summed E-state index contributed by atoms with van der Waals surface area (Å²) >= 11 is 0. The molecular weight excluding hydrogens is 324 g/mol. The lowest BCUT2D eigenvalue weighted by atomic mass is 9.91. The number of hydrogen-bond acceptors (Lipinski definition) is 3. The third-order valence-electron chi connectivity index (χ3n) is 5.49. The van der Waals surface area contributed by atoms with Crippen molar-refractivity contribution in [3.05, 3.63) is 47.2 Å². The lowest BCUT2D eigenvalue weighted by molar-refractivity contribution is 0.0526. The van der Waals surface area contributed by atoms with Crippen LogP contribution < -0.4 is 0 Å². The van der Waals surface area contributed by atoms with Crippen LogP contribution >= 0.6 is 0 Å². The molecule has 4 nitrogen and oxygen atoms in total. The molecule has 0 saturated heterocycles. The average Bonchev–Trinajstić information content (AvgIpc) is 2.94. The zero-order valence-corrected chi connectivity index (χ0v) is 16.2. The summed E-state index contributed by atoms with van der Waals surface area (Å²) in [5, 5.41) is 1.19. The number of carbonyl (C=O) groups excluding carboxylic acids is 1. The first-order valence-electron chi connectivity index (χ1n) is 9.66. The van der Waals surface area contributed by atoms with Gasteiger partial charge in [-0.1, -0.05) is 36.8 Å². The monoisotopic (exact) mass is 352 g/mol. The fraction of sp³-hybridized carbons (Fsp3) is 0.500. The predicted octanol–water partition coefficient (Wildman–Crippen LogP) is 5.06. The van der Waals surface area contributed by atoms with Crippen molar-refractivity contribution in [3.8, 4) is 0 Å². The fourth-order valence-electron chi connectivity index (χ4n) is 4.34. The van der Waals surface area contributed by atoms with Crippen LogP contribution in [0.2, 0.25) is 0 Å². The molecule has 0 saturated carbocycles. The van der Waals surface area contributed by atoms with Gasteiger partial charge in [-0.2, -0.15) is 0 Å². The molecule has 0 N–H and O–H groups in total. The van der Waals surface area contributed by atoms with E-state index in [4.69, 9.17) is 4.74 Å². The summed E-state index contributed by atoms with van der Waals surface area (Å²) in [6.07, 6.45) is 5.16. The molecule has 4 rings (SSSR count). The Balaban J connectivity index is 1.87. The highest BCUT2D eigenvalue weighted by molar-refractivity contribution is 5.94. The third-order valence-corrected chi connectivity index (χ3v) is 5.49. The second kappa shape index (κ2) is 6.27. The Morgan fingerprint density at radius 1 is 1.27 bits per heavy atom. The van der Waals surface area contributed by atoms with E-state index in [1.807, 2.05) is 37.5 Å². The quantitative estimate of drug-likeness (QED) is 0.673. The molecule has 0 radical (unpaired) electrons. The van der Waals surface area contributed by atoms with Crippen LogP contribution in [0.5, 0.6) is 0 Å². The maximum Gasteiger partial charge on any atom is 0.419 e. The van der Waals surface area contributed by atoms with Gasteiger partial charge >= 0.3 is 6.09 Å². The van der Waals surface area contributed by atoms with E-state index in [1.54, 1.807) is 0 Å². The lowest BCUT2D eigenvalue weighted by Crippen LogP contribution is -2.40. The summed E-state index contributed by atoms with van der Waals surface area (Å²) in [6, 6.07) is 8.50. The molecule has 4 heteroatoms. The molecule has 1 atom stereocenters. The highest BCUT2D eigenvalue weighted by Crippen LogP contribution is 2.41. The molecular formula is C22H28N2O2. The molecule has 1 aromatic heterocycles. The zero-order valence-electron chi connectivity index (χ0n) is 16.2. The normalized spacial score (nSPS) is 20.5. The third kappa shape index (κ3) is 2.86. The summed E-state index contributed by atoms with van der Waals surface area (Å²) in [5.41, 5.74) is 4.42. The summed E-state index contributed by atoms with van der Waals surface area (Å²) in [7, 11) is 0. The maximum absolute atomic E-state index is 13.1. The van der Waals surface area contributed by atoms with Crippen molar-refractivity contribution >= 4 is 17.0 Å². The Hall–Kier alpha value is -2.07. The van der Waals surface area contributed by atoms with Gasteiger partial charge in [-0.3, -0.25) is 4.90 Å². The second-order valence-electron chi connectivity index (χ2n) is 8.38. The topological polar surface area (TPSA) is 34.5 Å². The van der Waals surface area contributed by atoms with E-state index in [0.29, 0.717) is 0 Å². The molecule has 3 heterocycles. The molecule has 138 valence electrons. The van der Waals surface area contributed by atoms with Gasteiger partial charge in [0.1, 0.15) is 5.60 Å². The summed E-state index contributed by atoms with van der Waals surface area (Å²) < 4.78 is 7.61. The van der Waals surface area contributed by atoms with Gasteiger partial charge in [0.05, 0.1) is 17.3 Å². The molecule has 0 amide bonds. The van der Waals surface area contributed by atoms with E-state index in [9.17, 15) is 4.79 Å². The van der Waals surface area contributed by atoms with Crippen LogP contribution in [0.3, 0.4) is 0 Å². The first kappa shape index (κ1) is 17.3. The molecule has 1 aromatic carbocycles. The Morgan fingerprint density at radius 2 is 2.04 bits per heavy atom. The molecule has 0 aliphatic carbocycles. The minimum Gasteiger partial charge on any atom is -0.443 e. The number of ether oxygens (including phenoxy) is 1. The van der Waals surface area contributed by atoms with Crippen molar-refractivity contribution in [3.63, 3.8) is 0 Å². The standard InChI is InChI=1S/C22H28N2O2/c1-5-15-10-11-19-20-17(12-13-23(19)14-15)16-8-6-7-9-18(16)24(20)21(25)26-22(2,3)4/h6-10,19H,5,11-14H2,1-4H3. The average molecular weight is 352 g/mol. The van der Waals surface area contributed by atoms with Gasteiger partial charge in [-0.05, 0) is 51.7 Å². The van der Waals surface area contributed by atoms with Gasteiger partial charge in [0.25, 0.3) is 0 Å². The number of benzene rings is 1. The summed E-state index contributed by atoms with van der Waals surface area (Å²) in [4.78, 5) is 15.6. The number of hydrogen-bond donors (Lipinski definition) is 0. The maximum atomic E-state index is 13.1. The molecule has 2 aliphatic rings. The van der Waals surface area contributed by atoms with Crippen molar-refractivity contribution in [2.24, 2.45) is 0 Å². The Morgan fingerprint density at radius 3 is 2.77 bits per heavy atom. The minimum absolute atomic E-state index is 0.258. The fourth-order valence-corrected chi connectivity index (χ4v) is 4.34. The van der Waals surface area contributed by atoms with Crippen LogP contribution in [-0.4, -0.2) is 34.3 Å². The number of aromatic nitrogens is 1. The largest absolute Gasteiger partial charge is 0.443 e. The molecule has 0 bridgehead atoms. The van der Waals surface area contributed by atoms with Crippen molar-refractivity contribution in [2.75, 3.05) is 13.1 Å². The molecule has 26 heavy (non-hydrogen) atoms. The molecule has 0 spiro atoms. The van der Waals surface area contributed by atoms with Crippen molar-refractivity contribution in [1.29, 1.82) is 0 Å². The summed E-state index contributed by atoms with van der Waals surface area (Å²) in [5.74, 6) is 0. The Kier molecular flexibility index (Phi) is 4.19. The van der Waals surface area contributed by atoms with Crippen LogP contribution in [0, 0.1) is 0 Å². The van der Waals surface area contributed by atoms with Gasteiger partial charge < -0.3 is 4.74 Å². The first-order valence-corrected chi connectivity index (χ1v) is 9.66. The number of para-hydroxylation sites is 1. The minimum atomic E-state index is -0.508. The molecule has 2 aliphatic heterocycles. The first-order chi connectivity index (χ1) is 12.4. The van der Waals surface area contributed by atoms with Crippen molar-refractivity contribution in [1.82, 2.24) is 9.47 Å². The number of carbonyl (C=O) groups is 1. The lowest BCUT2D eigenvalue weighted by Gasteiger charge is -2.39. The van der Waals surface area contributed by atoms with E-state index < -0.39 is 5.60 Å². The van der Waals surface area contributed by atoms with Gasteiger partial charge in [-0.25, -0.2) is 9.36 Å². The molecule has 1 unspecified atom stereocenters. The van der Waals surface area contributed by atoms with Crippen LogP contribution in [0.1, 0.15) is 57.8 Å². The van der Waals surface area contributed by atoms with Gasteiger partial charge in [0.2, 0.25) is 0 Å². The highest BCUT2D eigenvalue weighted by Gasteiger charge is 2.36. The second-order valence-corrected chi connectivity index (χ2v) is 8.38. The van der Waals surface area contributed by atoms with Crippen LogP contribution in [-0.2, 0) is 11.2 Å². The van der Waals surface area contributed by atoms with Crippen LogP contribution in [0.15, 0.2) is 35.9 Å². The zero-order chi connectivity index (χ0) is 18.5. The van der Waals surface area contributed by atoms with E-state index in [-0.39, 0.29) is 12.1 Å². The predicted molar refractivity (Wildman–Crippen MR) is 105 cm³/mol. The number of fused-ring (bicyclic) bond motifs is 5. The molecule has 2 aromatic rings. The number of rotatable bonds is 1. The Bertz CT molecular complexity index is 885. The molecule has 0 fully saturated rings. The van der Waals surface area contributed by atoms with Crippen molar-refractivity contribution in [2.45, 2.75) is 58.6 Å². The van der Waals surface area contributed by atoms with E-state index >= 15 is 0 Å². The smallest absolute Gasteiger partial charge is 0.419 e. The van der Waals surface area contributed by atoms with Gasteiger partial charge in [0.15, 0.2) is 0 Å². The van der Waals surface area contributed by atoms with Gasteiger partial charge in [-0.15, -0.1) is 0 Å².